The van der Waals surface area contributed by atoms with Crippen molar-refractivity contribution in [1.82, 2.24) is 4.57 Å². The molecule has 0 radical (unpaired) electrons. The number of fused-ring (bicyclic) bond motifs is 1. The molecule has 0 saturated carbocycles. The largest absolute Gasteiger partial charge is 0.493 e. The molecule has 1 N–H and O–H groups in total. The van der Waals surface area contributed by atoms with Crippen LogP contribution in [0, 0.1) is 6.92 Å². The molecule has 0 fully saturated rings. The summed E-state index contributed by atoms with van der Waals surface area (Å²) in [5.41, 5.74) is 5.02. The van der Waals surface area contributed by atoms with Crippen LogP contribution < -0.4 is 19.5 Å². The molecular weight excluding hydrogens is 340 g/mol. The van der Waals surface area contributed by atoms with Crippen LogP contribution in [0.5, 0.6) is 17.2 Å². The number of nitrogens with zero attached hydrogens (tertiary/aromatic N) is 1. The van der Waals surface area contributed by atoms with Crippen molar-refractivity contribution >= 4 is 16.6 Å². The van der Waals surface area contributed by atoms with Gasteiger partial charge in [-0.05, 0) is 31.4 Å². The average Bonchev–Trinajstić information content (AvgIpc) is 2.95. The molecule has 0 aliphatic heterocycles. The molecule has 0 amide bonds. The van der Waals surface area contributed by atoms with E-state index in [0.717, 1.165) is 25.1 Å². The lowest BCUT2D eigenvalue weighted by Crippen LogP contribution is -2.05. The molecule has 0 aliphatic carbocycles. The second-order valence-corrected chi connectivity index (χ2v) is 6.58. The molecule has 0 spiro atoms. The standard InChI is InChI=1S/C22H28N2O3/c1-15-17(18-9-6-7-11-19(18)24(15)2)10-8-12-23-16-13-20(25-3)22(27-5)21(14-16)26-4/h6-7,9,11,13-14,23H,8,10,12H2,1-5H3. The van der Waals surface area contributed by atoms with Gasteiger partial charge in [-0.3, -0.25) is 0 Å². The Morgan fingerprint density at radius 3 is 2.26 bits per heavy atom. The van der Waals surface area contributed by atoms with Crippen LogP contribution in [0.15, 0.2) is 36.4 Å². The Labute approximate surface area is 160 Å². The van der Waals surface area contributed by atoms with Crippen LogP contribution in [0.3, 0.4) is 0 Å². The lowest BCUT2D eigenvalue weighted by molar-refractivity contribution is 0.324. The van der Waals surface area contributed by atoms with Crippen LogP contribution in [0.25, 0.3) is 10.9 Å². The molecule has 5 nitrogen and oxygen atoms in total. The number of aryl methyl sites for hydroxylation is 2. The van der Waals surface area contributed by atoms with Crippen molar-refractivity contribution in [2.45, 2.75) is 19.8 Å². The molecule has 5 heteroatoms. The van der Waals surface area contributed by atoms with E-state index in [9.17, 15) is 0 Å². The van der Waals surface area contributed by atoms with Gasteiger partial charge in [0.15, 0.2) is 11.5 Å². The number of benzene rings is 2. The fraction of sp³-hybridized carbons (Fsp3) is 0.364. The van der Waals surface area contributed by atoms with Gasteiger partial charge < -0.3 is 24.1 Å². The highest BCUT2D eigenvalue weighted by atomic mass is 16.5. The Kier molecular flexibility index (Phi) is 5.79. The summed E-state index contributed by atoms with van der Waals surface area (Å²) in [4.78, 5) is 0. The van der Waals surface area contributed by atoms with Gasteiger partial charge in [0.2, 0.25) is 5.75 Å². The normalized spacial score (nSPS) is 10.9. The number of methoxy groups -OCH3 is 3. The molecule has 3 aromatic rings. The molecule has 1 heterocycles. The first-order valence-electron chi connectivity index (χ1n) is 9.17. The quantitative estimate of drug-likeness (QED) is 0.592. The van der Waals surface area contributed by atoms with Crippen LogP contribution in [0.2, 0.25) is 0 Å². The molecule has 0 saturated heterocycles. The molecule has 0 bridgehead atoms. The lowest BCUT2D eigenvalue weighted by Gasteiger charge is -2.15. The average molecular weight is 368 g/mol. The Bertz CT molecular complexity index is 906. The number of aromatic nitrogens is 1. The fourth-order valence-corrected chi connectivity index (χ4v) is 3.60. The van der Waals surface area contributed by atoms with E-state index in [4.69, 9.17) is 14.2 Å². The van der Waals surface area contributed by atoms with Gasteiger partial charge in [0.05, 0.1) is 21.3 Å². The van der Waals surface area contributed by atoms with Gasteiger partial charge in [-0.1, -0.05) is 18.2 Å². The zero-order valence-corrected chi connectivity index (χ0v) is 16.8. The van der Waals surface area contributed by atoms with Gasteiger partial charge in [0.25, 0.3) is 0 Å². The van der Waals surface area contributed by atoms with E-state index < -0.39 is 0 Å². The van der Waals surface area contributed by atoms with Crippen molar-refractivity contribution in [2.75, 3.05) is 33.2 Å². The summed E-state index contributed by atoms with van der Waals surface area (Å²) in [5, 5.41) is 4.82. The summed E-state index contributed by atoms with van der Waals surface area (Å²) in [6.45, 7) is 3.06. The van der Waals surface area contributed by atoms with E-state index in [2.05, 4.69) is 48.1 Å². The molecule has 27 heavy (non-hydrogen) atoms. The number of rotatable bonds is 8. The molecular formula is C22H28N2O3. The minimum Gasteiger partial charge on any atom is -0.493 e. The number of ether oxygens (including phenoxy) is 3. The van der Waals surface area contributed by atoms with Crippen molar-refractivity contribution in [3.63, 3.8) is 0 Å². The first-order chi connectivity index (χ1) is 13.1. The van der Waals surface area contributed by atoms with Crippen LogP contribution in [0.1, 0.15) is 17.7 Å². The minimum atomic E-state index is 0.608. The zero-order valence-electron chi connectivity index (χ0n) is 16.8. The first-order valence-corrected chi connectivity index (χ1v) is 9.17. The van der Waals surface area contributed by atoms with Crippen molar-refractivity contribution < 1.29 is 14.2 Å². The summed E-state index contributed by atoms with van der Waals surface area (Å²) < 4.78 is 18.5. The summed E-state index contributed by atoms with van der Waals surface area (Å²) in [7, 11) is 7.00. The van der Waals surface area contributed by atoms with Crippen LogP contribution >= 0.6 is 0 Å². The predicted octanol–water partition coefficient (Wildman–Crippen LogP) is 4.56. The lowest BCUT2D eigenvalue weighted by atomic mass is 10.1. The fourth-order valence-electron chi connectivity index (χ4n) is 3.60. The number of hydrogen-bond donors (Lipinski definition) is 1. The zero-order chi connectivity index (χ0) is 19.4. The van der Waals surface area contributed by atoms with Crippen molar-refractivity contribution in [3.05, 3.63) is 47.7 Å². The van der Waals surface area contributed by atoms with Gasteiger partial charge in [-0.15, -0.1) is 0 Å². The first kappa shape index (κ1) is 19.0. The Balaban J connectivity index is 1.69. The highest BCUT2D eigenvalue weighted by Gasteiger charge is 2.13. The van der Waals surface area contributed by atoms with Gasteiger partial charge in [0.1, 0.15) is 0 Å². The minimum absolute atomic E-state index is 0.608. The van der Waals surface area contributed by atoms with Gasteiger partial charge in [-0.2, -0.15) is 0 Å². The number of anilines is 1. The van der Waals surface area contributed by atoms with Crippen molar-refractivity contribution in [1.29, 1.82) is 0 Å². The molecule has 0 unspecified atom stereocenters. The Morgan fingerprint density at radius 2 is 1.63 bits per heavy atom. The van der Waals surface area contributed by atoms with E-state index in [1.807, 2.05) is 12.1 Å². The van der Waals surface area contributed by atoms with Crippen molar-refractivity contribution in [3.8, 4) is 17.2 Å². The smallest absolute Gasteiger partial charge is 0.203 e. The van der Waals surface area contributed by atoms with E-state index in [-0.39, 0.29) is 0 Å². The van der Waals surface area contributed by atoms with E-state index in [1.165, 1.54) is 22.2 Å². The van der Waals surface area contributed by atoms with Crippen molar-refractivity contribution in [2.24, 2.45) is 7.05 Å². The third-order valence-electron chi connectivity index (χ3n) is 5.13. The van der Waals surface area contributed by atoms with E-state index in [1.54, 1.807) is 21.3 Å². The highest BCUT2D eigenvalue weighted by Crippen LogP contribution is 2.39. The van der Waals surface area contributed by atoms with E-state index in [0.29, 0.717) is 17.2 Å². The summed E-state index contributed by atoms with van der Waals surface area (Å²) in [6.07, 6.45) is 2.07. The molecule has 0 aliphatic rings. The molecule has 2 aromatic carbocycles. The summed E-state index contributed by atoms with van der Waals surface area (Å²) in [5.74, 6) is 1.92. The van der Waals surface area contributed by atoms with Gasteiger partial charge in [-0.25, -0.2) is 0 Å². The predicted molar refractivity (Wildman–Crippen MR) is 111 cm³/mol. The van der Waals surface area contributed by atoms with Gasteiger partial charge in [0, 0.05) is 48.0 Å². The maximum atomic E-state index is 5.41. The monoisotopic (exact) mass is 368 g/mol. The summed E-state index contributed by atoms with van der Waals surface area (Å²) >= 11 is 0. The molecule has 0 atom stereocenters. The molecule has 3 rings (SSSR count). The van der Waals surface area contributed by atoms with Gasteiger partial charge >= 0.3 is 0 Å². The highest BCUT2D eigenvalue weighted by molar-refractivity contribution is 5.85. The topological polar surface area (TPSA) is 44.7 Å². The number of nitrogens with one attached hydrogen (secondary N) is 1. The summed E-state index contributed by atoms with van der Waals surface area (Å²) in [6, 6.07) is 12.5. The van der Waals surface area contributed by atoms with Crippen LogP contribution in [-0.4, -0.2) is 32.4 Å². The second kappa shape index (κ2) is 8.25. The Morgan fingerprint density at radius 1 is 0.963 bits per heavy atom. The maximum absolute atomic E-state index is 5.41. The van der Waals surface area contributed by atoms with Crippen LogP contribution in [-0.2, 0) is 13.5 Å². The third kappa shape index (κ3) is 3.68. The Hall–Kier alpha value is -2.82. The molecule has 144 valence electrons. The number of para-hydroxylation sites is 1. The number of hydrogen-bond acceptors (Lipinski definition) is 4. The van der Waals surface area contributed by atoms with E-state index >= 15 is 0 Å². The third-order valence-corrected chi connectivity index (χ3v) is 5.13. The maximum Gasteiger partial charge on any atom is 0.203 e. The van der Waals surface area contributed by atoms with Crippen LogP contribution in [0.4, 0.5) is 5.69 Å². The SMILES string of the molecule is COc1cc(NCCCc2c(C)n(C)c3ccccc23)cc(OC)c1OC. The second-order valence-electron chi connectivity index (χ2n) is 6.58. The molecule has 1 aromatic heterocycles.